The standard InChI is InChI=1S/C19H15NO2/c1-13-6-2-3-7-14(13)10-11-15-12-17(19(21)22)16-8-4-5-9-18(16)20-15/h2-12H,1H3,(H,21,22)/p-1/b11-10+. The van der Waals surface area contributed by atoms with Gasteiger partial charge in [0.2, 0.25) is 0 Å². The van der Waals surface area contributed by atoms with Crippen molar-refractivity contribution in [2.24, 2.45) is 0 Å². The van der Waals surface area contributed by atoms with E-state index in [1.807, 2.05) is 49.4 Å². The third kappa shape index (κ3) is 2.74. The lowest BCUT2D eigenvalue weighted by molar-refractivity contribution is -0.254. The van der Waals surface area contributed by atoms with Gasteiger partial charge in [0.1, 0.15) is 0 Å². The fraction of sp³-hybridized carbons (Fsp3) is 0.0526. The van der Waals surface area contributed by atoms with E-state index in [0.29, 0.717) is 16.6 Å². The lowest BCUT2D eigenvalue weighted by Gasteiger charge is -2.08. The Morgan fingerprint density at radius 3 is 2.55 bits per heavy atom. The first-order chi connectivity index (χ1) is 10.6. The molecule has 3 aromatic rings. The van der Waals surface area contributed by atoms with Gasteiger partial charge >= 0.3 is 0 Å². The van der Waals surface area contributed by atoms with Gasteiger partial charge in [-0.1, -0.05) is 48.5 Å². The Balaban J connectivity index is 2.08. The van der Waals surface area contributed by atoms with E-state index in [1.165, 1.54) is 0 Å². The molecule has 0 saturated carbocycles. The summed E-state index contributed by atoms with van der Waals surface area (Å²) in [7, 11) is 0. The molecule has 108 valence electrons. The number of carbonyl (C=O) groups excluding carboxylic acids is 1. The minimum absolute atomic E-state index is 0.162. The van der Waals surface area contributed by atoms with Gasteiger partial charge in [0.25, 0.3) is 0 Å². The lowest BCUT2D eigenvalue weighted by atomic mass is 10.1. The van der Waals surface area contributed by atoms with Gasteiger partial charge in [0.05, 0.1) is 17.2 Å². The number of rotatable bonds is 3. The molecule has 1 aromatic heterocycles. The first-order valence-corrected chi connectivity index (χ1v) is 7.00. The second-order valence-corrected chi connectivity index (χ2v) is 5.09. The van der Waals surface area contributed by atoms with Gasteiger partial charge in [0, 0.05) is 10.9 Å². The molecule has 3 nitrogen and oxygen atoms in total. The van der Waals surface area contributed by atoms with Gasteiger partial charge in [-0.25, -0.2) is 4.98 Å². The topological polar surface area (TPSA) is 53.0 Å². The largest absolute Gasteiger partial charge is 0.545 e. The number of benzene rings is 2. The number of aromatic nitrogens is 1. The van der Waals surface area contributed by atoms with Gasteiger partial charge in [-0.05, 0) is 36.3 Å². The molecule has 0 aliphatic rings. The first kappa shape index (κ1) is 14.0. The molecule has 3 heteroatoms. The van der Waals surface area contributed by atoms with Crippen LogP contribution in [-0.4, -0.2) is 11.0 Å². The highest BCUT2D eigenvalue weighted by Crippen LogP contribution is 2.19. The summed E-state index contributed by atoms with van der Waals surface area (Å²) in [5, 5.41) is 11.9. The quantitative estimate of drug-likeness (QED) is 0.744. The number of carbonyl (C=O) groups is 1. The van der Waals surface area contributed by atoms with Crippen LogP contribution >= 0.6 is 0 Å². The van der Waals surface area contributed by atoms with Crippen LogP contribution in [0.4, 0.5) is 0 Å². The molecule has 0 N–H and O–H groups in total. The van der Waals surface area contributed by atoms with E-state index in [9.17, 15) is 9.90 Å². The summed E-state index contributed by atoms with van der Waals surface area (Å²) in [4.78, 5) is 15.8. The number of pyridine rings is 1. The molecular formula is C19H14NO2-. The predicted molar refractivity (Wildman–Crippen MR) is 86.2 cm³/mol. The molecular weight excluding hydrogens is 274 g/mol. The maximum Gasteiger partial charge on any atom is 0.0722 e. The average Bonchev–Trinajstić information content (AvgIpc) is 2.53. The number of hydrogen-bond donors (Lipinski definition) is 0. The van der Waals surface area contributed by atoms with E-state index in [0.717, 1.165) is 11.1 Å². The van der Waals surface area contributed by atoms with Crippen LogP contribution in [0.25, 0.3) is 23.1 Å². The molecule has 1 heterocycles. The molecule has 22 heavy (non-hydrogen) atoms. The number of nitrogens with zero attached hydrogens (tertiary/aromatic N) is 1. The molecule has 0 aliphatic heterocycles. The average molecular weight is 288 g/mol. The number of fused-ring (bicyclic) bond motifs is 1. The molecule has 0 bridgehead atoms. The summed E-state index contributed by atoms with van der Waals surface area (Å²) < 4.78 is 0. The van der Waals surface area contributed by atoms with E-state index in [2.05, 4.69) is 4.98 Å². The van der Waals surface area contributed by atoms with Gasteiger partial charge in [-0.2, -0.15) is 0 Å². The van der Waals surface area contributed by atoms with E-state index in [1.54, 1.807) is 24.3 Å². The number of para-hydroxylation sites is 1. The van der Waals surface area contributed by atoms with Crippen molar-refractivity contribution in [3.63, 3.8) is 0 Å². The third-order valence-electron chi connectivity index (χ3n) is 3.58. The van der Waals surface area contributed by atoms with Crippen molar-refractivity contribution < 1.29 is 9.90 Å². The maximum atomic E-state index is 11.3. The van der Waals surface area contributed by atoms with Crippen LogP contribution in [-0.2, 0) is 0 Å². The number of carboxylic acids is 1. The second-order valence-electron chi connectivity index (χ2n) is 5.09. The molecule has 3 rings (SSSR count). The third-order valence-corrected chi connectivity index (χ3v) is 3.58. The van der Waals surface area contributed by atoms with Crippen molar-refractivity contribution >= 4 is 29.0 Å². The fourth-order valence-electron chi connectivity index (χ4n) is 2.40. The summed E-state index contributed by atoms with van der Waals surface area (Å²) >= 11 is 0. The Kier molecular flexibility index (Phi) is 3.71. The Bertz CT molecular complexity index is 881. The molecule has 0 radical (unpaired) electrons. The van der Waals surface area contributed by atoms with Gasteiger partial charge < -0.3 is 9.90 Å². The Morgan fingerprint density at radius 1 is 1.05 bits per heavy atom. The van der Waals surface area contributed by atoms with Crippen molar-refractivity contribution in [3.05, 3.63) is 77.0 Å². The number of aromatic carboxylic acids is 1. The highest BCUT2D eigenvalue weighted by Gasteiger charge is 2.05. The molecule has 0 saturated heterocycles. The lowest BCUT2D eigenvalue weighted by Crippen LogP contribution is -2.22. The van der Waals surface area contributed by atoms with Crippen LogP contribution in [0.2, 0.25) is 0 Å². The number of aryl methyl sites for hydroxylation is 1. The van der Waals surface area contributed by atoms with Gasteiger partial charge in [0.15, 0.2) is 0 Å². The monoisotopic (exact) mass is 288 g/mol. The predicted octanol–water partition coefficient (Wildman–Crippen LogP) is 3.08. The van der Waals surface area contributed by atoms with Crippen molar-refractivity contribution in [1.29, 1.82) is 0 Å². The Morgan fingerprint density at radius 2 is 1.77 bits per heavy atom. The Labute approximate surface area is 128 Å². The first-order valence-electron chi connectivity index (χ1n) is 7.00. The van der Waals surface area contributed by atoms with Crippen molar-refractivity contribution in [3.8, 4) is 0 Å². The highest BCUT2D eigenvalue weighted by atomic mass is 16.4. The van der Waals surface area contributed by atoms with Crippen molar-refractivity contribution in [1.82, 2.24) is 4.98 Å². The maximum absolute atomic E-state index is 11.3. The molecule has 0 atom stereocenters. The number of hydrogen-bond acceptors (Lipinski definition) is 3. The summed E-state index contributed by atoms with van der Waals surface area (Å²) in [5.41, 5.74) is 3.64. The zero-order chi connectivity index (χ0) is 15.5. The van der Waals surface area contributed by atoms with Crippen LogP contribution in [0.5, 0.6) is 0 Å². The summed E-state index contributed by atoms with van der Waals surface area (Å²) in [5.74, 6) is -1.19. The highest BCUT2D eigenvalue weighted by molar-refractivity contribution is 6.02. The molecule has 0 spiro atoms. The Hall–Kier alpha value is -2.94. The van der Waals surface area contributed by atoms with Crippen LogP contribution in [0.3, 0.4) is 0 Å². The molecule has 0 amide bonds. The van der Waals surface area contributed by atoms with Gasteiger partial charge in [-0.15, -0.1) is 0 Å². The van der Waals surface area contributed by atoms with E-state index < -0.39 is 5.97 Å². The summed E-state index contributed by atoms with van der Waals surface area (Å²) in [6.07, 6.45) is 3.76. The zero-order valence-electron chi connectivity index (χ0n) is 12.1. The minimum atomic E-state index is -1.19. The van der Waals surface area contributed by atoms with E-state index in [4.69, 9.17) is 0 Å². The fourth-order valence-corrected chi connectivity index (χ4v) is 2.40. The summed E-state index contributed by atoms with van der Waals surface area (Å²) in [6, 6.07) is 16.7. The normalized spacial score (nSPS) is 11.1. The SMILES string of the molecule is Cc1ccccc1/C=C/c1cc(C(=O)[O-])c2ccccc2n1. The molecule has 0 unspecified atom stereocenters. The minimum Gasteiger partial charge on any atom is -0.545 e. The van der Waals surface area contributed by atoms with E-state index in [-0.39, 0.29) is 5.56 Å². The molecule has 2 aromatic carbocycles. The second kappa shape index (κ2) is 5.82. The smallest absolute Gasteiger partial charge is 0.0722 e. The van der Waals surface area contributed by atoms with Gasteiger partial charge in [-0.3, -0.25) is 0 Å². The zero-order valence-corrected chi connectivity index (χ0v) is 12.1. The molecule has 0 fully saturated rings. The van der Waals surface area contributed by atoms with E-state index >= 15 is 0 Å². The molecule has 0 aliphatic carbocycles. The van der Waals surface area contributed by atoms with Crippen LogP contribution in [0.1, 0.15) is 27.2 Å². The van der Waals surface area contributed by atoms with Crippen LogP contribution < -0.4 is 5.11 Å². The van der Waals surface area contributed by atoms with Crippen LogP contribution in [0, 0.1) is 6.92 Å². The number of carboxylic acid groups (broad SMARTS) is 1. The van der Waals surface area contributed by atoms with Crippen molar-refractivity contribution in [2.75, 3.05) is 0 Å². The van der Waals surface area contributed by atoms with Crippen molar-refractivity contribution in [2.45, 2.75) is 6.92 Å². The summed E-state index contributed by atoms with van der Waals surface area (Å²) in [6.45, 7) is 2.03. The van der Waals surface area contributed by atoms with Crippen LogP contribution in [0.15, 0.2) is 54.6 Å².